The van der Waals surface area contributed by atoms with Crippen LogP contribution in [0.1, 0.15) is 87.5 Å². The zero-order valence-electron chi connectivity index (χ0n) is 20.3. The molecular formula is C24H46O3Si. The molecule has 0 bridgehead atoms. The van der Waals surface area contributed by atoms with Crippen LogP contribution in [0.3, 0.4) is 0 Å². The predicted molar refractivity (Wildman–Crippen MR) is 120 cm³/mol. The molecule has 164 valence electrons. The zero-order valence-corrected chi connectivity index (χ0v) is 21.3. The first-order chi connectivity index (χ1) is 12.6. The molecule has 0 spiro atoms. The highest BCUT2D eigenvalue weighted by molar-refractivity contribution is 6.74. The van der Waals surface area contributed by atoms with Crippen LogP contribution < -0.4 is 0 Å². The Bertz CT molecular complexity index is 563. The van der Waals surface area contributed by atoms with Crippen molar-refractivity contribution in [1.29, 1.82) is 0 Å². The number of ether oxygens (including phenoxy) is 1. The van der Waals surface area contributed by atoms with Crippen LogP contribution >= 0.6 is 0 Å². The molecule has 2 rings (SSSR count). The third-order valence-electron chi connectivity index (χ3n) is 8.62. The van der Waals surface area contributed by atoms with E-state index in [1.807, 2.05) is 0 Å². The maximum absolute atomic E-state index is 12.4. The largest absolute Gasteiger partial charge is 0.412 e. The Kier molecular flexibility index (Phi) is 7.01. The Hall–Kier alpha value is -0.193. The molecule has 0 aromatic carbocycles. The smallest absolute Gasteiger partial charge is 0.192 e. The van der Waals surface area contributed by atoms with Crippen molar-refractivity contribution in [3.05, 3.63) is 0 Å². The predicted octanol–water partition coefficient (Wildman–Crippen LogP) is 6.61. The Morgan fingerprint density at radius 1 is 1.14 bits per heavy atom. The number of carbonyl (C=O) groups is 1. The summed E-state index contributed by atoms with van der Waals surface area (Å²) >= 11 is 0. The first-order valence-corrected chi connectivity index (χ1v) is 14.4. The van der Waals surface area contributed by atoms with Crippen LogP contribution in [0.5, 0.6) is 0 Å². The van der Waals surface area contributed by atoms with E-state index in [9.17, 15) is 4.79 Å². The Labute approximate surface area is 175 Å². The van der Waals surface area contributed by atoms with Gasteiger partial charge in [-0.1, -0.05) is 34.6 Å². The van der Waals surface area contributed by atoms with Gasteiger partial charge in [0.15, 0.2) is 8.32 Å². The summed E-state index contributed by atoms with van der Waals surface area (Å²) in [5.41, 5.74) is -0.0587. The van der Waals surface area contributed by atoms with Gasteiger partial charge in [0.25, 0.3) is 0 Å². The molecule has 0 N–H and O–H groups in total. The molecule has 4 heteroatoms. The SMILES string of the molecule is C[C@@H](OC[C@H](C)C(C)(C)O[Si](C)(C)C(C)(C)C)[C@H]1CC[C@H]2C(=O)CCC[C@]12C. The van der Waals surface area contributed by atoms with Crippen molar-refractivity contribution < 1.29 is 14.0 Å². The number of Topliss-reactive ketones (excluding diaryl/α,β-unsaturated/α-hetero) is 1. The summed E-state index contributed by atoms with van der Waals surface area (Å²) < 4.78 is 13.2. The lowest BCUT2D eigenvalue weighted by atomic mass is 9.64. The summed E-state index contributed by atoms with van der Waals surface area (Å²) in [6, 6.07) is 0. The van der Waals surface area contributed by atoms with Gasteiger partial charge in [-0.3, -0.25) is 4.79 Å². The van der Waals surface area contributed by atoms with Gasteiger partial charge in [-0.15, -0.1) is 0 Å². The molecule has 3 nitrogen and oxygen atoms in total. The summed E-state index contributed by atoms with van der Waals surface area (Å²) in [6.07, 6.45) is 5.41. The summed E-state index contributed by atoms with van der Waals surface area (Å²) in [4.78, 5) is 12.4. The molecule has 2 aliphatic rings. The van der Waals surface area contributed by atoms with Crippen molar-refractivity contribution in [1.82, 2.24) is 0 Å². The number of carbonyl (C=O) groups excluding carboxylic acids is 1. The average molecular weight is 411 g/mol. The van der Waals surface area contributed by atoms with Gasteiger partial charge in [0, 0.05) is 18.3 Å². The second-order valence-corrected chi connectivity index (χ2v) is 16.7. The monoisotopic (exact) mass is 410 g/mol. The maximum Gasteiger partial charge on any atom is 0.192 e. The number of rotatable bonds is 7. The van der Waals surface area contributed by atoms with E-state index in [1.165, 1.54) is 6.42 Å². The molecule has 0 heterocycles. The number of hydrogen-bond acceptors (Lipinski definition) is 3. The standard InChI is InChI=1S/C24H46O3Si/c1-17(23(6,7)27-28(9,10)22(3,4)5)16-26-18(2)19-13-14-20-21(25)12-11-15-24(19,20)8/h17-20H,11-16H2,1-10H3/t17-,18+,19+,20-,24+/m0/s1. The van der Waals surface area contributed by atoms with Crippen molar-refractivity contribution in [2.24, 2.45) is 23.2 Å². The Balaban J connectivity index is 1.96. The summed E-state index contributed by atoms with van der Waals surface area (Å²) in [5.74, 6) is 1.59. The van der Waals surface area contributed by atoms with E-state index in [0.29, 0.717) is 24.2 Å². The Morgan fingerprint density at radius 3 is 2.32 bits per heavy atom. The molecule has 0 unspecified atom stereocenters. The molecule has 0 radical (unpaired) electrons. The molecule has 2 fully saturated rings. The molecule has 0 amide bonds. The van der Waals surface area contributed by atoms with Crippen LogP contribution in [-0.4, -0.2) is 32.4 Å². The van der Waals surface area contributed by atoms with E-state index in [4.69, 9.17) is 9.16 Å². The van der Waals surface area contributed by atoms with Crippen LogP contribution in [0.25, 0.3) is 0 Å². The van der Waals surface area contributed by atoms with Gasteiger partial charge >= 0.3 is 0 Å². The number of fused-ring (bicyclic) bond motifs is 1. The molecule has 2 aliphatic carbocycles. The lowest BCUT2D eigenvalue weighted by molar-refractivity contribution is -0.131. The van der Waals surface area contributed by atoms with E-state index in [2.05, 4.69) is 68.5 Å². The third kappa shape index (κ3) is 4.75. The lowest BCUT2D eigenvalue weighted by Crippen LogP contribution is -2.50. The van der Waals surface area contributed by atoms with Crippen molar-refractivity contribution in [2.45, 2.75) is 117 Å². The molecule has 0 aromatic heterocycles. The topological polar surface area (TPSA) is 35.5 Å². The molecule has 2 saturated carbocycles. The minimum atomic E-state index is -1.82. The fourth-order valence-electron chi connectivity index (χ4n) is 5.27. The van der Waals surface area contributed by atoms with Gasteiger partial charge in [-0.25, -0.2) is 0 Å². The average Bonchev–Trinajstić information content (AvgIpc) is 2.88. The summed E-state index contributed by atoms with van der Waals surface area (Å²) in [6.45, 7) is 23.5. The number of hydrogen-bond donors (Lipinski definition) is 0. The van der Waals surface area contributed by atoms with E-state index >= 15 is 0 Å². The van der Waals surface area contributed by atoms with Gasteiger partial charge in [0.1, 0.15) is 5.78 Å². The third-order valence-corrected chi connectivity index (χ3v) is 13.3. The Morgan fingerprint density at radius 2 is 1.75 bits per heavy atom. The minimum absolute atomic E-state index is 0.144. The molecule has 5 atom stereocenters. The quantitative estimate of drug-likeness (QED) is 0.443. The minimum Gasteiger partial charge on any atom is -0.412 e. The van der Waals surface area contributed by atoms with Crippen molar-refractivity contribution in [3.8, 4) is 0 Å². The highest BCUT2D eigenvalue weighted by Crippen LogP contribution is 2.55. The van der Waals surface area contributed by atoms with Gasteiger partial charge in [0.2, 0.25) is 0 Å². The van der Waals surface area contributed by atoms with Gasteiger partial charge < -0.3 is 9.16 Å². The van der Waals surface area contributed by atoms with Crippen LogP contribution in [0, 0.1) is 23.2 Å². The highest BCUT2D eigenvalue weighted by Gasteiger charge is 2.53. The van der Waals surface area contributed by atoms with Crippen LogP contribution in [0.15, 0.2) is 0 Å². The molecule has 0 aliphatic heterocycles. The summed E-state index contributed by atoms with van der Waals surface area (Å²) in [7, 11) is -1.82. The van der Waals surface area contributed by atoms with Gasteiger partial charge in [0.05, 0.1) is 18.3 Å². The fourth-order valence-corrected chi connectivity index (χ4v) is 7.09. The first-order valence-electron chi connectivity index (χ1n) is 11.5. The summed E-state index contributed by atoms with van der Waals surface area (Å²) in [5, 5.41) is 0.207. The van der Waals surface area contributed by atoms with Crippen molar-refractivity contribution in [2.75, 3.05) is 6.61 Å². The van der Waals surface area contributed by atoms with Crippen LogP contribution in [0.4, 0.5) is 0 Å². The fraction of sp³-hybridized carbons (Fsp3) is 0.958. The van der Waals surface area contributed by atoms with E-state index < -0.39 is 8.32 Å². The highest BCUT2D eigenvalue weighted by atomic mass is 28.4. The van der Waals surface area contributed by atoms with Crippen molar-refractivity contribution in [3.63, 3.8) is 0 Å². The van der Waals surface area contributed by atoms with Crippen LogP contribution in [-0.2, 0) is 14.0 Å². The molecular weight excluding hydrogens is 364 g/mol. The van der Waals surface area contributed by atoms with E-state index in [1.54, 1.807) is 0 Å². The molecule has 0 saturated heterocycles. The zero-order chi connectivity index (χ0) is 21.5. The molecule has 28 heavy (non-hydrogen) atoms. The van der Waals surface area contributed by atoms with Gasteiger partial charge in [-0.2, -0.15) is 0 Å². The first kappa shape index (κ1) is 24.1. The van der Waals surface area contributed by atoms with Crippen LogP contribution in [0.2, 0.25) is 18.1 Å². The lowest BCUT2D eigenvalue weighted by Gasteiger charge is -2.46. The van der Waals surface area contributed by atoms with E-state index in [-0.39, 0.29) is 28.1 Å². The van der Waals surface area contributed by atoms with Gasteiger partial charge in [-0.05, 0) is 75.9 Å². The maximum atomic E-state index is 12.4. The second kappa shape index (κ2) is 8.15. The normalized spacial score (nSPS) is 31.6. The van der Waals surface area contributed by atoms with Crippen molar-refractivity contribution >= 4 is 14.1 Å². The number of ketones is 1. The van der Waals surface area contributed by atoms with E-state index in [0.717, 1.165) is 25.7 Å². The second-order valence-electron chi connectivity index (χ2n) is 12.0. The molecule has 0 aromatic rings.